The zero-order valence-electron chi connectivity index (χ0n) is 17.1. The average molecular weight is 392 g/mol. The van der Waals surface area contributed by atoms with Gasteiger partial charge in [-0.15, -0.1) is 0 Å². The van der Waals surface area contributed by atoms with Crippen molar-refractivity contribution in [3.63, 3.8) is 0 Å². The number of carboxylic acids is 1. The average Bonchev–Trinajstić information content (AvgIpc) is 3.05. The summed E-state index contributed by atoms with van der Waals surface area (Å²) in [5.74, 6) is -1.19. The lowest BCUT2D eigenvalue weighted by molar-refractivity contribution is -0.140. The molecule has 1 aliphatic heterocycles. The van der Waals surface area contributed by atoms with Crippen molar-refractivity contribution in [2.75, 3.05) is 13.1 Å². The van der Waals surface area contributed by atoms with Gasteiger partial charge in [-0.25, -0.2) is 0 Å². The van der Waals surface area contributed by atoms with Crippen molar-refractivity contribution in [3.05, 3.63) is 23.3 Å². The van der Waals surface area contributed by atoms with E-state index >= 15 is 0 Å². The quantitative estimate of drug-likeness (QED) is 0.541. The minimum Gasteiger partial charge on any atom is -0.508 e. The SMILES string of the molecule is CC(C)C[C@H](NC[C@@H]1CCCN1C(=O)c1cc(C(C)C)c(O)cc1O)C(=O)O. The summed E-state index contributed by atoms with van der Waals surface area (Å²) in [5, 5.41) is 32.7. The molecule has 0 radical (unpaired) electrons. The summed E-state index contributed by atoms with van der Waals surface area (Å²) < 4.78 is 0. The number of likely N-dealkylation sites (tertiary alicyclic amines) is 1. The molecule has 0 saturated carbocycles. The van der Waals surface area contributed by atoms with Gasteiger partial charge < -0.3 is 25.5 Å². The number of hydrogen-bond donors (Lipinski definition) is 4. The molecule has 0 aliphatic carbocycles. The van der Waals surface area contributed by atoms with E-state index in [1.807, 2.05) is 27.7 Å². The highest BCUT2D eigenvalue weighted by molar-refractivity contribution is 5.97. The molecule has 0 bridgehead atoms. The number of phenolic OH excluding ortho intramolecular Hbond substituents is 2. The number of aliphatic carboxylic acids is 1. The number of carbonyl (C=O) groups is 2. The lowest BCUT2D eigenvalue weighted by Crippen LogP contribution is -2.47. The molecule has 1 saturated heterocycles. The molecule has 28 heavy (non-hydrogen) atoms. The van der Waals surface area contributed by atoms with Crippen molar-refractivity contribution in [2.45, 2.75) is 65.0 Å². The minimum atomic E-state index is -0.887. The highest BCUT2D eigenvalue weighted by Gasteiger charge is 2.32. The van der Waals surface area contributed by atoms with Crippen molar-refractivity contribution >= 4 is 11.9 Å². The maximum Gasteiger partial charge on any atom is 0.320 e. The summed E-state index contributed by atoms with van der Waals surface area (Å²) in [4.78, 5) is 26.2. The van der Waals surface area contributed by atoms with Gasteiger partial charge in [-0.2, -0.15) is 0 Å². The maximum absolute atomic E-state index is 13.1. The number of aromatic hydroxyl groups is 2. The van der Waals surface area contributed by atoms with Crippen molar-refractivity contribution in [3.8, 4) is 11.5 Å². The molecule has 1 fully saturated rings. The van der Waals surface area contributed by atoms with E-state index in [2.05, 4.69) is 5.32 Å². The molecular weight excluding hydrogens is 360 g/mol. The van der Waals surface area contributed by atoms with E-state index in [-0.39, 0.29) is 40.8 Å². The molecule has 0 unspecified atom stereocenters. The Morgan fingerprint density at radius 1 is 1.18 bits per heavy atom. The van der Waals surface area contributed by atoms with Crippen LogP contribution in [0.1, 0.15) is 68.8 Å². The molecule has 4 N–H and O–H groups in total. The van der Waals surface area contributed by atoms with Crippen molar-refractivity contribution in [1.29, 1.82) is 0 Å². The normalized spacial score (nSPS) is 18.1. The Kier molecular flexibility index (Phi) is 7.29. The number of carboxylic acid groups (broad SMARTS) is 1. The number of nitrogens with one attached hydrogen (secondary N) is 1. The van der Waals surface area contributed by atoms with E-state index in [0.29, 0.717) is 25.1 Å². The van der Waals surface area contributed by atoms with Crippen LogP contribution in [-0.2, 0) is 4.79 Å². The molecule has 1 aliphatic rings. The van der Waals surface area contributed by atoms with Gasteiger partial charge in [0.05, 0.1) is 5.56 Å². The highest BCUT2D eigenvalue weighted by atomic mass is 16.4. The molecule has 1 heterocycles. The van der Waals surface area contributed by atoms with Crippen LogP contribution in [0.2, 0.25) is 0 Å². The molecule has 7 nitrogen and oxygen atoms in total. The van der Waals surface area contributed by atoms with Crippen LogP contribution in [0, 0.1) is 5.92 Å². The first kappa shape index (κ1) is 22.0. The number of carbonyl (C=O) groups excluding carboxylic acids is 1. The first-order valence-corrected chi connectivity index (χ1v) is 9.94. The lowest BCUT2D eigenvalue weighted by Gasteiger charge is -2.27. The van der Waals surface area contributed by atoms with Gasteiger partial charge in [0.2, 0.25) is 0 Å². The summed E-state index contributed by atoms with van der Waals surface area (Å²) in [6, 6.07) is 2.00. The number of phenols is 2. The number of rotatable bonds is 8. The first-order chi connectivity index (χ1) is 13.1. The monoisotopic (exact) mass is 392 g/mol. The smallest absolute Gasteiger partial charge is 0.320 e. The molecule has 1 aromatic rings. The van der Waals surface area contributed by atoms with Gasteiger partial charge in [0.15, 0.2) is 0 Å². The largest absolute Gasteiger partial charge is 0.508 e. The van der Waals surface area contributed by atoms with E-state index in [9.17, 15) is 24.9 Å². The molecule has 0 spiro atoms. The summed E-state index contributed by atoms with van der Waals surface area (Å²) in [6.07, 6.45) is 2.13. The van der Waals surface area contributed by atoms with Crippen LogP contribution in [0.15, 0.2) is 12.1 Å². The predicted molar refractivity (Wildman–Crippen MR) is 107 cm³/mol. The van der Waals surface area contributed by atoms with Gasteiger partial charge >= 0.3 is 5.97 Å². The Bertz CT molecular complexity index is 717. The van der Waals surface area contributed by atoms with Crippen molar-refractivity contribution in [2.24, 2.45) is 5.92 Å². The Morgan fingerprint density at radius 2 is 1.86 bits per heavy atom. The third kappa shape index (κ3) is 5.16. The first-order valence-electron chi connectivity index (χ1n) is 9.94. The van der Waals surface area contributed by atoms with Crippen LogP contribution >= 0.6 is 0 Å². The fourth-order valence-electron chi connectivity index (χ4n) is 3.72. The summed E-state index contributed by atoms with van der Waals surface area (Å²) in [5.41, 5.74) is 0.781. The molecule has 7 heteroatoms. The Morgan fingerprint density at radius 3 is 2.43 bits per heavy atom. The number of hydrogen-bond acceptors (Lipinski definition) is 5. The van der Waals surface area contributed by atoms with E-state index in [1.165, 1.54) is 6.07 Å². The van der Waals surface area contributed by atoms with E-state index in [4.69, 9.17) is 0 Å². The second-order valence-electron chi connectivity index (χ2n) is 8.31. The van der Waals surface area contributed by atoms with Crippen LogP contribution in [0.25, 0.3) is 0 Å². The van der Waals surface area contributed by atoms with Crippen LogP contribution in [0.5, 0.6) is 11.5 Å². The number of nitrogens with zero attached hydrogens (tertiary/aromatic N) is 1. The Labute approximate surface area is 166 Å². The van der Waals surface area contributed by atoms with Gasteiger partial charge in [-0.3, -0.25) is 9.59 Å². The summed E-state index contributed by atoms with van der Waals surface area (Å²) >= 11 is 0. The maximum atomic E-state index is 13.1. The van der Waals surface area contributed by atoms with E-state index in [0.717, 1.165) is 12.8 Å². The molecule has 1 aromatic carbocycles. The number of amides is 1. The molecular formula is C21H32N2O5. The van der Waals surface area contributed by atoms with E-state index < -0.39 is 12.0 Å². The van der Waals surface area contributed by atoms with Crippen LogP contribution in [-0.4, -0.2) is 57.3 Å². The highest BCUT2D eigenvalue weighted by Crippen LogP contribution is 2.34. The molecule has 2 atom stereocenters. The zero-order valence-corrected chi connectivity index (χ0v) is 17.1. The molecule has 2 rings (SSSR count). The van der Waals surface area contributed by atoms with Gasteiger partial charge in [0, 0.05) is 25.2 Å². The van der Waals surface area contributed by atoms with Crippen LogP contribution in [0.3, 0.4) is 0 Å². The van der Waals surface area contributed by atoms with Crippen LogP contribution < -0.4 is 5.32 Å². The topological polar surface area (TPSA) is 110 Å². The molecule has 1 amide bonds. The standard InChI is InChI=1S/C21H32N2O5/c1-12(2)8-17(21(27)28)22-11-14-6-5-7-23(14)20(26)16-9-15(13(3)4)18(24)10-19(16)25/h9-10,12-14,17,22,24-25H,5-8,11H2,1-4H3,(H,27,28)/t14-,17-/m0/s1. The number of benzene rings is 1. The third-order valence-electron chi connectivity index (χ3n) is 5.24. The Balaban J connectivity index is 2.15. The van der Waals surface area contributed by atoms with Crippen molar-refractivity contribution < 1.29 is 24.9 Å². The summed E-state index contributed by atoms with van der Waals surface area (Å²) in [6.45, 7) is 8.72. The van der Waals surface area contributed by atoms with Crippen LogP contribution in [0.4, 0.5) is 0 Å². The fourth-order valence-corrected chi connectivity index (χ4v) is 3.72. The van der Waals surface area contributed by atoms with E-state index in [1.54, 1.807) is 11.0 Å². The third-order valence-corrected chi connectivity index (χ3v) is 5.24. The van der Waals surface area contributed by atoms with Gasteiger partial charge in [-0.05, 0) is 42.7 Å². The Hall–Kier alpha value is -2.28. The molecule has 156 valence electrons. The van der Waals surface area contributed by atoms with Gasteiger partial charge in [-0.1, -0.05) is 27.7 Å². The second-order valence-corrected chi connectivity index (χ2v) is 8.31. The fraction of sp³-hybridized carbons (Fsp3) is 0.619. The zero-order chi connectivity index (χ0) is 21.0. The minimum absolute atomic E-state index is 0.00977. The van der Waals surface area contributed by atoms with Crippen molar-refractivity contribution in [1.82, 2.24) is 10.2 Å². The summed E-state index contributed by atoms with van der Waals surface area (Å²) in [7, 11) is 0. The second kappa shape index (κ2) is 9.28. The van der Waals surface area contributed by atoms with Gasteiger partial charge in [0.1, 0.15) is 17.5 Å². The predicted octanol–water partition coefficient (Wildman–Crippen LogP) is 2.91. The lowest BCUT2D eigenvalue weighted by atomic mass is 9.98. The molecule has 0 aromatic heterocycles. The van der Waals surface area contributed by atoms with Gasteiger partial charge in [0.25, 0.3) is 5.91 Å².